The van der Waals surface area contributed by atoms with Gasteiger partial charge in [-0.2, -0.15) is 0 Å². The van der Waals surface area contributed by atoms with Gasteiger partial charge in [-0.3, -0.25) is 9.59 Å². The Hall–Kier alpha value is -3.33. The second-order valence-corrected chi connectivity index (χ2v) is 9.20. The van der Waals surface area contributed by atoms with E-state index in [0.717, 1.165) is 37.3 Å². The van der Waals surface area contributed by atoms with Gasteiger partial charge >= 0.3 is 0 Å². The highest BCUT2D eigenvalue weighted by Gasteiger charge is 2.38. The van der Waals surface area contributed by atoms with E-state index in [2.05, 4.69) is 10.2 Å². The zero-order valence-electron chi connectivity index (χ0n) is 19.7. The maximum absolute atomic E-state index is 12.9. The minimum atomic E-state index is -0.326. The molecule has 0 spiro atoms. The van der Waals surface area contributed by atoms with Crippen LogP contribution in [0, 0.1) is 0 Å². The Bertz CT molecular complexity index is 1100. The quantitative estimate of drug-likeness (QED) is 0.717. The van der Waals surface area contributed by atoms with Gasteiger partial charge in [-0.05, 0) is 62.4 Å². The summed E-state index contributed by atoms with van der Waals surface area (Å²) >= 11 is 0. The Labute approximate surface area is 199 Å². The second-order valence-electron chi connectivity index (χ2n) is 9.20. The van der Waals surface area contributed by atoms with Gasteiger partial charge < -0.3 is 29.9 Å². The third-order valence-corrected chi connectivity index (χ3v) is 7.07. The number of hydrogen-bond donors (Lipinski definition) is 2. The maximum atomic E-state index is 12.9. The summed E-state index contributed by atoms with van der Waals surface area (Å²) in [5.41, 5.74) is 2.07. The normalized spacial score (nSPS) is 20.6. The van der Waals surface area contributed by atoms with Crippen LogP contribution in [0.15, 0.2) is 30.3 Å². The number of nitrogens with zero attached hydrogens (tertiary/aromatic N) is 4. The lowest BCUT2D eigenvalue weighted by Gasteiger charge is -2.43. The molecule has 0 aliphatic carbocycles. The number of carbonyl (C=O) groups excluding carboxylic acids is 2. The van der Waals surface area contributed by atoms with Gasteiger partial charge in [0.2, 0.25) is 5.91 Å². The van der Waals surface area contributed by atoms with Crippen LogP contribution in [0.3, 0.4) is 0 Å². The summed E-state index contributed by atoms with van der Waals surface area (Å²) in [6.07, 6.45) is 3.82. The van der Waals surface area contributed by atoms with E-state index in [0.29, 0.717) is 48.7 Å². The lowest BCUT2D eigenvalue weighted by Crippen LogP contribution is -2.54. The van der Waals surface area contributed by atoms with Gasteiger partial charge in [0, 0.05) is 32.2 Å². The van der Waals surface area contributed by atoms with Crippen molar-refractivity contribution in [3.63, 3.8) is 0 Å². The highest BCUT2D eigenvalue weighted by Crippen LogP contribution is 2.39. The van der Waals surface area contributed by atoms with Gasteiger partial charge in [0.15, 0.2) is 5.82 Å². The van der Waals surface area contributed by atoms with Crippen LogP contribution >= 0.6 is 0 Å². The third kappa shape index (κ3) is 4.04. The van der Waals surface area contributed by atoms with Crippen LogP contribution in [0.2, 0.25) is 0 Å². The van der Waals surface area contributed by atoms with Crippen LogP contribution in [-0.4, -0.2) is 72.7 Å². The molecule has 2 N–H and O–H groups in total. The predicted molar refractivity (Wildman–Crippen MR) is 130 cm³/mol. The van der Waals surface area contributed by atoms with Crippen LogP contribution in [0.5, 0.6) is 5.75 Å². The first-order chi connectivity index (χ1) is 16.5. The fourth-order valence-electron chi connectivity index (χ4n) is 5.08. The van der Waals surface area contributed by atoms with E-state index in [4.69, 9.17) is 9.72 Å². The van der Waals surface area contributed by atoms with Crippen molar-refractivity contribution in [1.29, 1.82) is 0 Å². The largest absolute Gasteiger partial charge is 0.495 e. The number of anilines is 4. The first-order valence-corrected chi connectivity index (χ1v) is 11.9. The first-order valence-electron chi connectivity index (χ1n) is 11.9. The van der Waals surface area contributed by atoms with Gasteiger partial charge in [0.1, 0.15) is 17.6 Å². The maximum Gasteiger partial charge on any atom is 0.253 e. The second kappa shape index (κ2) is 9.13. The molecule has 34 heavy (non-hydrogen) atoms. The number of ether oxygens (including phenoxy) is 1. The van der Waals surface area contributed by atoms with Crippen molar-refractivity contribution in [3.05, 3.63) is 35.9 Å². The summed E-state index contributed by atoms with van der Waals surface area (Å²) < 4.78 is 5.58. The minimum absolute atomic E-state index is 0.0625. The van der Waals surface area contributed by atoms with Crippen LogP contribution < -0.4 is 19.9 Å². The van der Waals surface area contributed by atoms with E-state index in [9.17, 15) is 14.7 Å². The minimum Gasteiger partial charge on any atom is -0.495 e. The summed E-state index contributed by atoms with van der Waals surface area (Å²) in [6, 6.07) is 8.97. The first kappa shape index (κ1) is 22.5. The summed E-state index contributed by atoms with van der Waals surface area (Å²) in [6.45, 7) is 1.92. The molecule has 9 heteroatoms. The molecule has 5 rings (SSSR count). The van der Waals surface area contributed by atoms with Crippen molar-refractivity contribution in [3.8, 4) is 5.75 Å². The van der Waals surface area contributed by atoms with Crippen molar-refractivity contribution >= 4 is 34.8 Å². The van der Waals surface area contributed by atoms with Gasteiger partial charge in [-0.1, -0.05) is 0 Å². The molecule has 2 aromatic rings. The topological polar surface area (TPSA) is 98.2 Å². The van der Waals surface area contributed by atoms with Gasteiger partial charge in [-0.25, -0.2) is 4.98 Å². The molecule has 3 aliphatic rings. The number of aromatic nitrogens is 1. The predicted octanol–water partition coefficient (Wildman–Crippen LogP) is 2.77. The fourth-order valence-corrected chi connectivity index (χ4v) is 5.08. The SMILES string of the molecule is COc1cc(C(=O)N2CCC(O)CC2)ccc1Nc1ccc2c(n1)N1CCCC[C@@H]1C(=O)N2C. The third-order valence-electron chi connectivity index (χ3n) is 7.07. The number of nitrogens with one attached hydrogen (secondary N) is 1. The number of pyridine rings is 1. The van der Waals surface area contributed by atoms with Crippen LogP contribution in [-0.2, 0) is 4.79 Å². The molecular formula is C25H31N5O4. The van der Waals surface area contributed by atoms with Crippen LogP contribution in [0.1, 0.15) is 42.5 Å². The van der Waals surface area contributed by atoms with E-state index in [1.807, 2.05) is 25.2 Å². The van der Waals surface area contributed by atoms with Gasteiger partial charge in [0.25, 0.3) is 5.91 Å². The number of piperidine rings is 2. The number of hydrogen-bond acceptors (Lipinski definition) is 7. The molecule has 2 fully saturated rings. The number of benzene rings is 1. The Balaban J connectivity index is 1.38. The summed E-state index contributed by atoms with van der Waals surface area (Å²) in [4.78, 5) is 36.2. The number of rotatable bonds is 4. The highest BCUT2D eigenvalue weighted by atomic mass is 16.5. The van der Waals surface area contributed by atoms with Crippen LogP contribution in [0.4, 0.5) is 23.0 Å². The fraction of sp³-hybridized carbons (Fsp3) is 0.480. The number of methoxy groups -OCH3 is 1. The molecule has 4 heterocycles. The molecule has 2 saturated heterocycles. The Morgan fingerprint density at radius 2 is 1.91 bits per heavy atom. The number of likely N-dealkylation sites (N-methyl/N-ethyl adjacent to an activating group) is 1. The molecule has 1 aromatic heterocycles. The number of amides is 2. The van der Waals surface area contributed by atoms with Gasteiger partial charge in [-0.15, -0.1) is 0 Å². The molecule has 0 radical (unpaired) electrons. The summed E-state index contributed by atoms with van der Waals surface area (Å²) in [5.74, 6) is 2.07. The lowest BCUT2D eigenvalue weighted by atomic mass is 9.98. The molecule has 180 valence electrons. The Morgan fingerprint density at radius 3 is 2.68 bits per heavy atom. The van der Waals surface area contributed by atoms with Crippen molar-refractivity contribution in [1.82, 2.24) is 9.88 Å². The zero-order chi connectivity index (χ0) is 23.8. The van der Waals surface area contributed by atoms with E-state index >= 15 is 0 Å². The summed E-state index contributed by atoms with van der Waals surface area (Å²) in [5, 5.41) is 13.0. The average Bonchev–Trinajstić information content (AvgIpc) is 2.87. The molecule has 0 bridgehead atoms. The number of fused-ring (bicyclic) bond motifs is 3. The molecule has 0 saturated carbocycles. The lowest BCUT2D eigenvalue weighted by molar-refractivity contribution is -0.120. The molecule has 2 amide bonds. The number of likely N-dealkylation sites (tertiary alicyclic amines) is 1. The number of carbonyl (C=O) groups is 2. The summed E-state index contributed by atoms with van der Waals surface area (Å²) in [7, 11) is 3.38. The number of aliphatic hydroxyl groups is 1. The van der Waals surface area contributed by atoms with E-state index in [1.165, 1.54) is 0 Å². The van der Waals surface area contributed by atoms with Crippen LogP contribution in [0.25, 0.3) is 0 Å². The van der Waals surface area contributed by atoms with E-state index in [-0.39, 0.29) is 24.0 Å². The van der Waals surface area contributed by atoms with Gasteiger partial charge in [0.05, 0.1) is 24.6 Å². The van der Waals surface area contributed by atoms with E-state index in [1.54, 1.807) is 29.0 Å². The molecular weight excluding hydrogens is 434 g/mol. The van der Waals surface area contributed by atoms with Crippen molar-refractivity contribution in [2.75, 3.05) is 48.9 Å². The molecule has 1 aromatic carbocycles. The van der Waals surface area contributed by atoms with E-state index < -0.39 is 0 Å². The zero-order valence-corrected chi connectivity index (χ0v) is 19.7. The molecule has 3 aliphatic heterocycles. The smallest absolute Gasteiger partial charge is 0.253 e. The Morgan fingerprint density at radius 1 is 1.12 bits per heavy atom. The van der Waals surface area contributed by atoms with Crippen molar-refractivity contribution < 1.29 is 19.4 Å². The highest BCUT2D eigenvalue weighted by molar-refractivity contribution is 6.04. The molecule has 1 atom stereocenters. The monoisotopic (exact) mass is 465 g/mol. The Kier molecular flexibility index (Phi) is 6.03. The molecule has 9 nitrogen and oxygen atoms in total. The average molecular weight is 466 g/mol. The standard InChI is InChI=1S/C25H31N5O4/c1-28-19-8-9-22(27-23(19)30-12-4-3-5-20(30)25(28)33)26-18-7-6-16(15-21(18)34-2)24(32)29-13-10-17(31)11-14-29/h6-9,15,17,20,31H,3-5,10-14H2,1-2H3,(H,26,27)/t20-/m1/s1. The van der Waals surface area contributed by atoms with Crippen molar-refractivity contribution in [2.45, 2.75) is 44.2 Å². The number of aliphatic hydroxyl groups excluding tert-OH is 1. The van der Waals surface area contributed by atoms with Crippen molar-refractivity contribution in [2.24, 2.45) is 0 Å². The molecule has 0 unspecified atom stereocenters.